The molecule has 22 atom stereocenters. The number of amides is 1. The van der Waals surface area contributed by atoms with Crippen molar-refractivity contribution in [3.8, 4) is 0 Å². The van der Waals surface area contributed by atoms with Gasteiger partial charge in [0, 0.05) is 24.7 Å². The third-order valence-corrected chi connectivity index (χ3v) is 17.2. The van der Waals surface area contributed by atoms with Gasteiger partial charge in [-0.05, 0) is 97.5 Å². The highest BCUT2D eigenvalue weighted by Crippen LogP contribution is 2.70. The Morgan fingerprint density at radius 2 is 1.54 bits per heavy atom. The van der Waals surface area contributed by atoms with Gasteiger partial charge in [-0.1, -0.05) is 39.8 Å². The van der Waals surface area contributed by atoms with E-state index >= 15 is 0 Å². The van der Waals surface area contributed by atoms with Crippen LogP contribution in [0.25, 0.3) is 0 Å². The normalized spacial score (nSPS) is 50.6. The molecule has 4 aliphatic heterocycles. The Bertz CT molecular complexity index is 1830. The molecule has 0 unspecified atom stereocenters. The Balaban J connectivity index is 0.808. The van der Waals surface area contributed by atoms with Gasteiger partial charge < -0.3 is 63.8 Å². The van der Waals surface area contributed by atoms with E-state index in [1.807, 2.05) is 0 Å². The van der Waals surface area contributed by atoms with Crippen molar-refractivity contribution in [2.24, 2.45) is 52.3 Å². The minimum Gasteiger partial charge on any atom is -0.440 e. The zero-order chi connectivity index (χ0) is 44.7. The Kier molecular flexibility index (Phi) is 12.6. The summed E-state index contributed by atoms with van der Waals surface area (Å²) in [6.07, 6.45) is -10.2. The molecule has 4 heterocycles. The summed E-state index contributed by atoms with van der Waals surface area (Å²) >= 11 is 0. The van der Waals surface area contributed by atoms with Gasteiger partial charge in [0.05, 0.1) is 37.7 Å². The number of hydrogen-bond acceptors (Lipinski definition) is 15. The van der Waals surface area contributed by atoms with E-state index in [4.69, 9.17) is 33.2 Å². The molecular formula is C46H66FNO15. The van der Waals surface area contributed by atoms with Gasteiger partial charge in [-0.2, -0.15) is 0 Å². The van der Waals surface area contributed by atoms with Crippen LogP contribution >= 0.6 is 0 Å². The monoisotopic (exact) mass is 891 g/mol. The topological polar surface area (TPSA) is 232 Å². The minimum atomic E-state index is -1.91. The van der Waals surface area contributed by atoms with Gasteiger partial charge in [0.1, 0.15) is 54.3 Å². The summed E-state index contributed by atoms with van der Waals surface area (Å²) in [6.45, 7) is 8.35. The molecule has 0 radical (unpaired) electrons. The first kappa shape index (κ1) is 45.8. The van der Waals surface area contributed by atoms with Crippen LogP contribution in [0, 0.1) is 58.1 Å². The number of Topliss-reactive ketones (excluding diaryl/α,β-unsaturated/α-hetero) is 1. The fourth-order valence-corrected chi connectivity index (χ4v) is 14.0. The van der Waals surface area contributed by atoms with E-state index in [2.05, 4.69) is 33.0 Å². The van der Waals surface area contributed by atoms with Crippen LogP contribution in [0.15, 0.2) is 24.3 Å². The first-order chi connectivity index (χ1) is 30.0. The third-order valence-electron chi connectivity index (χ3n) is 17.2. The molecule has 17 heteroatoms. The van der Waals surface area contributed by atoms with E-state index < -0.39 is 92.3 Å². The fraction of sp³-hybridized carbons (Fsp3) is 0.826. The van der Waals surface area contributed by atoms with Crippen molar-refractivity contribution in [1.82, 2.24) is 0 Å². The zero-order valence-corrected chi connectivity index (χ0v) is 36.5. The molecule has 1 amide bonds. The molecule has 9 rings (SSSR count). The van der Waals surface area contributed by atoms with Gasteiger partial charge in [-0.3, -0.25) is 10.1 Å². The highest BCUT2D eigenvalue weighted by Gasteiger charge is 2.71. The molecule has 8 fully saturated rings. The number of nitrogens with one attached hydrogen (secondary N) is 1. The van der Waals surface area contributed by atoms with Crippen LogP contribution in [0.2, 0.25) is 0 Å². The molecule has 8 aliphatic rings. The van der Waals surface area contributed by atoms with Gasteiger partial charge >= 0.3 is 6.09 Å². The van der Waals surface area contributed by atoms with Crippen LogP contribution in [0.5, 0.6) is 0 Å². The van der Waals surface area contributed by atoms with E-state index in [0.29, 0.717) is 43.5 Å². The standard InChI is InChI=1S/C46H66FNO15/c1-21-11-14-46(57-20-21)22(2)33-30(63-46)16-26-25-10-9-23-15-24(12-13-44(23,3)34(25)29(51)17-45(26,33)4)58-41-37(54)35(52)39(31(18-49)59-41)61-42-38(55)36(53)40(32(19-50)60-42)62-43(56)48-28-8-6-5-7-27(28)47/h5-8,21-26,30-42,49-50,52-55H,9-20H2,1-4H3,(H,48,56)/t21-,22+,23+,24+,25+,26+,30+,31+,32+,33+,34-,35-,36-,37+,38+,39-,40-,41-,42+,44+,45+,46-/m1/s1. The number of aliphatic hydroxyl groups excluding tert-OH is 6. The predicted octanol–water partition coefficient (Wildman–Crippen LogP) is 3.02. The van der Waals surface area contributed by atoms with Gasteiger partial charge in [-0.15, -0.1) is 0 Å². The number of aliphatic hydroxyl groups is 6. The molecule has 352 valence electrons. The predicted molar refractivity (Wildman–Crippen MR) is 218 cm³/mol. The maximum atomic E-state index is 14.6. The second-order valence-electron chi connectivity index (χ2n) is 20.7. The van der Waals surface area contributed by atoms with E-state index in [9.17, 15) is 44.6 Å². The molecule has 7 N–H and O–H groups in total. The molecule has 16 nitrogen and oxygen atoms in total. The first-order valence-corrected chi connectivity index (χ1v) is 23.1. The largest absolute Gasteiger partial charge is 0.440 e. The van der Waals surface area contributed by atoms with Crippen LogP contribution in [0.4, 0.5) is 14.9 Å². The van der Waals surface area contributed by atoms with Gasteiger partial charge in [0.2, 0.25) is 0 Å². The summed E-state index contributed by atoms with van der Waals surface area (Å²) in [5.41, 5.74) is -0.562. The third kappa shape index (κ3) is 7.77. The maximum absolute atomic E-state index is 14.6. The Morgan fingerprint density at radius 1 is 0.857 bits per heavy atom. The lowest BCUT2D eigenvalue weighted by Gasteiger charge is -2.60. The van der Waals surface area contributed by atoms with Crippen LogP contribution < -0.4 is 5.32 Å². The van der Waals surface area contributed by atoms with Crippen molar-refractivity contribution in [2.45, 2.75) is 165 Å². The number of halogens is 1. The second-order valence-corrected chi connectivity index (χ2v) is 20.7. The number of benzene rings is 1. The average Bonchev–Trinajstić information content (AvgIpc) is 3.70. The molecular weight excluding hydrogens is 825 g/mol. The SMILES string of the molecule is C[C@@H]1CC[C@@]2(OC1)O[C@H]1C[C@H]3[C@@H]4CC[C@H]5C[C@@H](O[C@@H]6O[C@@H](CO)[C@@H](O[C@@H]7O[C@@H](CO)[C@@H](OC(=O)Nc8ccccc8F)[C@H](O)[C@@H]7O)[C@H](O)[C@@H]6O)CC[C@]5(C)[C@H]4C(=O)C[C@]3(C)[C@H]1[C@@H]2C. The summed E-state index contributed by atoms with van der Waals surface area (Å²) in [4.78, 5) is 27.1. The lowest BCUT2D eigenvalue weighted by atomic mass is 9.44. The van der Waals surface area contributed by atoms with Crippen LogP contribution in [0.3, 0.4) is 0 Å². The van der Waals surface area contributed by atoms with E-state index in [1.54, 1.807) is 0 Å². The lowest BCUT2D eigenvalue weighted by Crippen LogP contribution is -2.65. The molecule has 1 spiro atoms. The van der Waals surface area contributed by atoms with Crippen molar-refractivity contribution < 1.29 is 77.8 Å². The molecule has 1 aromatic rings. The zero-order valence-electron chi connectivity index (χ0n) is 36.5. The number of ketones is 1. The van der Waals surface area contributed by atoms with Crippen LogP contribution in [0.1, 0.15) is 85.5 Å². The number of fused-ring (bicyclic) bond motifs is 7. The van der Waals surface area contributed by atoms with Crippen LogP contribution in [-0.2, 0) is 38.0 Å². The molecule has 1 aromatic carbocycles. The van der Waals surface area contributed by atoms with E-state index in [0.717, 1.165) is 44.6 Å². The number of rotatable bonds is 8. The number of anilines is 1. The Hall–Kier alpha value is -2.39. The Labute approximate surface area is 367 Å². The van der Waals surface area contributed by atoms with Crippen LogP contribution in [-0.4, -0.2) is 142 Å². The molecule has 63 heavy (non-hydrogen) atoms. The lowest BCUT2D eigenvalue weighted by molar-refractivity contribution is -0.363. The number of ether oxygens (including phenoxy) is 7. The highest BCUT2D eigenvalue weighted by molar-refractivity contribution is 5.85. The number of carbonyl (C=O) groups excluding carboxylic acids is 2. The summed E-state index contributed by atoms with van der Waals surface area (Å²) in [5, 5.41) is 67.3. The van der Waals surface area contributed by atoms with Crippen molar-refractivity contribution in [3.05, 3.63) is 30.1 Å². The van der Waals surface area contributed by atoms with E-state index in [-0.39, 0.29) is 58.3 Å². The molecule has 4 aliphatic carbocycles. The maximum Gasteiger partial charge on any atom is 0.412 e. The summed E-state index contributed by atoms with van der Waals surface area (Å²) in [5.74, 6) is 0.920. The minimum absolute atomic E-state index is 0.0562. The highest BCUT2D eigenvalue weighted by atomic mass is 19.1. The Morgan fingerprint density at radius 3 is 2.22 bits per heavy atom. The number of hydrogen-bond donors (Lipinski definition) is 7. The fourth-order valence-electron chi connectivity index (χ4n) is 14.0. The molecule has 4 saturated carbocycles. The quantitative estimate of drug-likeness (QED) is 0.186. The van der Waals surface area contributed by atoms with Gasteiger partial charge in [-0.25, -0.2) is 9.18 Å². The smallest absolute Gasteiger partial charge is 0.412 e. The van der Waals surface area contributed by atoms with Gasteiger partial charge in [0.25, 0.3) is 0 Å². The first-order valence-electron chi connectivity index (χ1n) is 23.1. The van der Waals surface area contributed by atoms with Crippen molar-refractivity contribution in [1.29, 1.82) is 0 Å². The average molecular weight is 892 g/mol. The second kappa shape index (κ2) is 17.4. The van der Waals surface area contributed by atoms with E-state index in [1.165, 1.54) is 18.2 Å². The molecule has 0 bridgehead atoms. The number of carbonyl (C=O) groups is 2. The van der Waals surface area contributed by atoms with Crippen molar-refractivity contribution >= 4 is 17.6 Å². The summed E-state index contributed by atoms with van der Waals surface area (Å²) in [7, 11) is 0. The molecule has 4 saturated heterocycles. The summed E-state index contributed by atoms with van der Waals surface area (Å²) < 4.78 is 56.5. The van der Waals surface area contributed by atoms with Gasteiger partial charge in [0.15, 0.2) is 24.5 Å². The van der Waals surface area contributed by atoms with Crippen molar-refractivity contribution in [3.63, 3.8) is 0 Å². The summed E-state index contributed by atoms with van der Waals surface area (Å²) in [6, 6.07) is 5.30. The molecule has 0 aromatic heterocycles. The van der Waals surface area contributed by atoms with Crippen molar-refractivity contribution in [2.75, 3.05) is 25.1 Å². The number of para-hydroxylation sites is 1.